The van der Waals surface area contributed by atoms with Gasteiger partial charge in [0, 0.05) is 12.1 Å². The summed E-state index contributed by atoms with van der Waals surface area (Å²) in [6, 6.07) is 10.1. The molecule has 0 saturated heterocycles. The van der Waals surface area contributed by atoms with E-state index in [1.165, 1.54) is 5.56 Å². The van der Waals surface area contributed by atoms with Crippen molar-refractivity contribution in [3.05, 3.63) is 42.1 Å². The molecule has 100 valence electrons. The van der Waals surface area contributed by atoms with E-state index < -0.39 is 0 Å². The zero-order chi connectivity index (χ0) is 13.7. The predicted molar refractivity (Wildman–Crippen MR) is 77.0 cm³/mol. The first-order chi connectivity index (χ1) is 9.03. The molecule has 2 aromatic rings. The smallest absolute Gasteiger partial charge is 0.244 e. The Labute approximate surface area is 113 Å². The summed E-state index contributed by atoms with van der Waals surface area (Å²) in [5.41, 5.74) is 1.13. The Kier molecular flexibility index (Phi) is 3.94. The maximum atomic E-state index is 4.38. The summed E-state index contributed by atoms with van der Waals surface area (Å²) in [5.74, 6) is 1.25. The molecule has 5 heteroatoms. The summed E-state index contributed by atoms with van der Waals surface area (Å²) in [7, 11) is 0. The van der Waals surface area contributed by atoms with Crippen LogP contribution in [0, 0.1) is 0 Å². The molecular formula is C14H19N5. The fourth-order valence-corrected chi connectivity index (χ4v) is 1.60. The summed E-state index contributed by atoms with van der Waals surface area (Å²) < 4.78 is 0. The van der Waals surface area contributed by atoms with Crippen molar-refractivity contribution < 1.29 is 0 Å². The van der Waals surface area contributed by atoms with Gasteiger partial charge in [0.1, 0.15) is 0 Å². The van der Waals surface area contributed by atoms with Gasteiger partial charge in [-0.15, -0.1) is 5.10 Å². The van der Waals surface area contributed by atoms with Crippen LogP contribution in [0.1, 0.15) is 26.3 Å². The highest BCUT2D eigenvalue weighted by molar-refractivity contribution is 5.39. The minimum Gasteiger partial charge on any atom is -0.364 e. The molecule has 0 bridgehead atoms. The highest BCUT2D eigenvalue weighted by Crippen LogP contribution is 2.12. The normalized spacial score (nSPS) is 11.1. The van der Waals surface area contributed by atoms with Crippen LogP contribution < -0.4 is 10.6 Å². The van der Waals surface area contributed by atoms with Crippen LogP contribution in [-0.2, 0) is 6.54 Å². The van der Waals surface area contributed by atoms with Gasteiger partial charge in [-0.25, -0.2) is 0 Å². The molecule has 5 nitrogen and oxygen atoms in total. The van der Waals surface area contributed by atoms with Gasteiger partial charge >= 0.3 is 0 Å². The second-order valence-corrected chi connectivity index (χ2v) is 5.38. The Balaban J connectivity index is 1.99. The van der Waals surface area contributed by atoms with E-state index in [0.29, 0.717) is 12.5 Å². The third-order valence-corrected chi connectivity index (χ3v) is 2.36. The van der Waals surface area contributed by atoms with Crippen molar-refractivity contribution in [2.24, 2.45) is 0 Å². The summed E-state index contributed by atoms with van der Waals surface area (Å²) in [6.45, 7) is 6.91. The van der Waals surface area contributed by atoms with Gasteiger partial charge in [0.15, 0.2) is 5.82 Å². The van der Waals surface area contributed by atoms with Crippen molar-refractivity contribution in [3.63, 3.8) is 0 Å². The number of aromatic nitrogens is 3. The van der Waals surface area contributed by atoms with E-state index in [1.807, 2.05) is 18.2 Å². The lowest BCUT2D eigenvalue weighted by molar-refractivity contribution is 0.629. The predicted octanol–water partition coefficient (Wildman–Crippen LogP) is 2.69. The van der Waals surface area contributed by atoms with Crippen LogP contribution in [0.3, 0.4) is 0 Å². The van der Waals surface area contributed by atoms with Gasteiger partial charge in [-0.3, -0.25) is 0 Å². The standard InChI is InChI=1S/C14H19N5/c1-14(2,3)18-12-10-16-19-13(17-12)15-9-11-7-5-4-6-8-11/h4-8,10H,9H2,1-3H3,(H2,15,17,18,19). The summed E-state index contributed by atoms with van der Waals surface area (Å²) in [4.78, 5) is 4.38. The molecule has 0 aliphatic rings. The lowest BCUT2D eigenvalue weighted by atomic mass is 10.1. The first-order valence-corrected chi connectivity index (χ1v) is 6.29. The Morgan fingerprint density at radius 2 is 1.84 bits per heavy atom. The molecule has 0 atom stereocenters. The van der Waals surface area contributed by atoms with Crippen LogP contribution in [0.15, 0.2) is 36.5 Å². The fourth-order valence-electron chi connectivity index (χ4n) is 1.60. The van der Waals surface area contributed by atoms with Crippen LogP contribution in [-0.4, -0.2) is 20.7 Å². The van der Waals surface area contributed by atoms with E-state index >= 15 is 0 Å². The Hall–Kier alpha value is -2.17. The van der Waals surface area contributed by atoms with Gasteiger partial charge in [0.25, 0.3) is 0 Å². The minimum absolute atomic E-state index is 0.0489. The molecule has 0 aliphatic carbocycles. The van der Waals surface area contributed by atoms with Gasteiger partial charge in [0.2, 0.25) is 5.95 Å². The first-order valence-electron chi connectivity index (χ1n) is 6.29. The quantitative estimate of drug-likeness (QED) is 0.881. The van der Waals surface area contributed by atoms with E-state index in [9.17, 15) is 0 Å². The van der Waals surface area contributed by atoms with Crippen molar-refractivity contribution in [3.8, 4) is 0 Å². The summed E-state index contributed by atoms with van der Waals surface area (Å²) in [6.07, 6.45) is 1.62. The van der Waals surface area contributed by atoms with Crippen molar-refractivity contribution in [2.45, 2.75) is 32.9 Å². The maximum absolute atomic E-state index is 4.38. The largest absolute Gasteiger partial charge is 0.364 e. The maximum Gasteiger partial charge on any atom is 0.244 e. The number of nitrogens with zero attached hydrogens (tertiary/aromatic N) is 3. The molecule has 0 amide bonds. The van der Waals surface area contributed by atoms with Crippen molar-refractivity contribution in [1.82, 2.24) is 15.2 Å². The van der Waals surface area contributed by atoms with Crippen LogP contribution in [0.2, 0.25) is 0 Å². The van der Waals surface area contributed by atoms with Gasteiger partial charge < -0.3 is 10.6 Å². The van der Waals surface area contributed by atoms with E-state index in [0.717, 1.165) is 5.82 Å². The number of hydrogen-bond acceptors (Lipinski definition) is 5. The third kappa shape index (κ3) is 4.54. The molecule has 1 heterocycles. The van der Waals surface area contributed by atoms with Gasteiger partial charge in [0.05, 0.1) is 6.20 Å². The highest BCUT2D eigenvalue weighted by Gasteiger charge is 2.10. The lowest BCUT2D eigenvalue weighted by Crippen LogP contribution is -2.27. The summed E-state index contributed by atoms with van der Waals surface area (Å²) >= 11 is 0. The second-order valence-electron chi connectivity index (χ2n) is 5.38. The second kappa shape index (κ2) is 5.65. The molecule has 0 aliphatic heterocycles. The number of rotatable bonds is 4. The highest BCUT2D eigenvalue weighted by atomic mass is 15.3. The number of hydrogen-bond donors (Lipinski definition) is 2. The summed E-state index contributed by atoms with van der Waals surface area (Å²) in [5, 5.41) is 14.3. The van der Waals surface area contributed by atoms with Crippen LogP contribution in [0.25, 0.3) is 0 Å². The lowest BCUT2D eigenvalue weighted by Gasteiger charge is -2.20. The Morgan fingerprint density at radius 1 is 1.11 bits per heavy atom. The molecule has 2 rings (SSSR count). The third-order valence-electron chi connectivity index (χ3n) is 2.36. The topological polar surface area (TPSA) is 62.7 Å². The molecule has 0 unspecified atom stereocenters. The van der Waals surface area contributed by atoms with Gasteiger partial charge in [-0.2, -0.15) is 10.1 Å². The number of nitrogens with one attached hydrogen (secondary N) is 2. The molecule has 0 spiro atoms. The molecule has 1 aromatic heterocycles. The molecule has 1 aromatic carbocycles. The fraction of sp³-hybridized carbons (Fsp3) is 0.357. The molecule has 0 fully saturated rings. The molecule has 2 N–H and O–H groups in total. The van der Waals surface area contributed by atoms with Crippen molar-refractivity contribution >= 4 is 11.8 Å². The zero-order valence-corrected chi connectivity index (χ0v) is 11.5. The van der Waals surface area contributed by atoms with Crippen LogP contribution in [0.4, 0.5) is 11.8 Å². The van der Waals surface area contributed by atoms with E-state index in [1.54, 1.807) is 6.20 Å². The van der Waals surface area contributed by atoms with Crippen LogP contribution >= 0.6 is 0 Å². The minimum atomic E-state index is -0.0489. The zero-order valence-electron chi connectivity index (χ0n) is 11.5. The molecule has 0 radical (unpaired) electrons. The van der Waals surface area contributed by atoms with E-state index in [2.05, 4.69) is 58.7 Å². The monoisotopic (exact) mass is 257 g/mol. The number of anilines is 2. The van der Waals surface area contributed by atoms with E-state index in [-0.39, 0.29) is 5.54 Å². The Morgan fingerprint density at radius 3 is 2.53 bits per heavy atom. The van der Waals surface area contributed by atoms with Gasteiger partial charge in [-0.05, 0) is 26.3 Å². The number of benzene rings is 1. The van der Waals surface area contributed by atoms with Crippen molar-refractivity contribution in [1.29, 1.82) is 0 Å². The SMILES string of the molecule is CC(C)(C)Nc1cnnc(NCc2ccccc2)n1. The van der Waals surface area contributed by atoms with Crippen LogP contribution in [0.5, 0.6) is 0 Å². The average molecular weight is 257 g/mol. The molecular weight excluding hydrogens is 238 g/mol. The van der Waals surface area contributed by atoms with E-state index in [4.69, 9.17) is 0 Å². The van der Waals surface area contributed by atoms with Gasteiger partial charge in [-0.1, -0.05) is 30.3 Å². The van der Waals surface area contributed by atoms with Crippen molar-refractivity contribution in [2.75, 3.05) is 10.6 Å². The molecule has 19 heavy (non-hydrogen) atoms. The Bertz CT molecular complexity index is 519. The first kappa shape index (κ1) is 13.3. The average Bonchev–Trinajstić information content (AvgIpc) is 2.36. The molecule has 0 saturated carbocycles.